The summed E-state index contributed by atoms with van der Waals surface area (Å²) in [4.78, 5) is 23.8. The van der Waals surface area contributed by atoms with E-state index in [2.05, 4.69) is 51.7 Å². The largest absolute Gasteiger partial charge is 0.414 e. The van der Waals surface area contributed by atoms with Crippen molar-refractivity contribution in [2.75, 3.05) is 24.5 Å². The number of aromatic amines is 1. The lowest BCUT2D eigenvalue weighted by atomic mass is 10.1. The van der Waals surface area contributed by atoms with Crippen molar-refractivity contribution in [2.24, 2.45) is 20.2 Å². The summed E-state index contributed by atoms with van der Waals surface area (Å²) < 4.78 is 0. The quantitative estimate of drug-likeness (QED) is 0.571. The van der Waals surface area contributed by atoms with Crippen LogP contribution in [0.2, 0.25) is 0 Å². The fourth-order valence-corrected chi connectivity index (χ4v) is 2.58. The topological polar surface area (TPSA) is 90.1 Å². The van der Waals surface area contributed by atoms with Crippen molar-refractivity contribution in [1.29, 1.82) is 0 Å². The lowest BCUT2D eigenvalue weighted by Gasteiger charge is -2.22. The van der Waals surface area contributed by atoms with Gasteiger partial charge in [-0.3, -0.25) is 9.98 Å². The molecule has 1 aromatic heterocycles. The monoisotopic (exact) mass is 393 g/mol. The zero-order valence-electron chi connectivity index (χ0n) is 15.5. The predicted octanol–water partition coefficient (Wildman–Crippen LogP) is 4.66. The van der Waals surface area contributed by atoms with E-state index in [9.17, 15) is 0 Å². The maximum atomic E-state index is 7.01. The molecule has 142 valence electrons. The van der Waals surface area contributed by atoms with Crippen LogP contribution < -0.4 is 4.90 Å². The van der Waals surface area contributed by atoms with Gasteiger partial charge in [0, 0.05) is 18.4 Å². The minimum Gasteiger partial charge on any atom is -0.373 e. The Morgan fingerprint density at radius 2 is 2.07 bits per heavy atom. The molecule has 9 nitrogen and oxygen atoms in total. The van der Waals surface area contributed by atoms with Gasteiger partial charge in [0.2, 0.25) is 0 Å². The van der Waals surface area contributed by atoms with Gasteiger partial charge in [-0.15, -0.1) is 5.11 Å². The second-order valence-corrected chi connectivity index (χ2v) is 5.71. The molecule has 1 aliphatic heterocycles. The van der Waals surface area contributed by atoms with Gasteiger partial charge in [0.05, 0.1) is 18.8 Å². The van der Waals surface area contributed by atoms with E-state index in [-0.39, 0.29) is 31.1 Å². The van der Waals surface area contributed by atoms with Crippen LogP contribution in [0.15, 0.2) is 38.4 Å². The SMILES string of the molecule is S.[C-]#[N+]c1nc(N=Nc2ccc(N(CC)CC3=NCC=N3)cc2C)[nH]c1[N+]#[C-]. The zero-order valence-corrected chi connectivity index (χ0v) is 16.5. The first-order chi connectivity index (χ1) is 13.1. The molecule has 28 heavy (non-hydrogen) atoms. The number of hydrogen-bond acceptors (Lipinski definition) is 6. The Morgan fingerprint density at radius 3 is 2.64 bits per heavy atom. The minimum absolute atomic E-state index is 0. The van der Waals surface area contributed by atoms with E-state index < -0.39 is 0 Å². The van der Waals surface area contributed by atoms with Crippen LogP contribution in [0.25, 0.3) is 9.69 Å². The molecule has 0 saturated carbocycles. The number of amidine groups is 1. The number of rotatable bonds is 6. The summed E-state index contributed by atoms with van der Waals surface area (Å²) in [5.41, 5.74) is 2.70. The maximum absolute atomic E-state index is 7.01. The lowest BCUT2D eigenvalue weighted by molar-refractivity contribution is 0.918. The smallest absolute Gasteiger partial charge is 0.373 e. The second kappa shape index (κ2) is 9.44. The Balaban J connectivity index is 0.00000280. The van der Waals surface area contributed by atoms with Crippen molar-refractivity contribution < 1.29 is 0 Å². The van der Waals surface area contributed by atoms with Gasteiger partial charge in [-0.1, -0.05) is 23.2 Å². The van der Waals surface area contributed by atoms with Crippen LogP contribution in [0.5, 0.6) is 0 Å². The maximum Gasteiger partial charge on any atom is 0.414 e. The van der Waals surface area contributed by atoms with Crippen molar-refractivity contribution in [3.8, 4) is 0 Å². The number of H-pyrrole nitrogens is 1. The number of nitrogens with zero attached hydrogens (tertiary/aromatic N) is 8. The highest BCUT2D eigenvalue weighted by Gasteiger charge is 2.14. The standard InChI is InChI=1S/C18H17N9.H2S/c1-5-27(11-15-21-8-9-22-15)13-6-7-14(12(2)10-13)25-26-18-23-16(19-3)17(20-4)24-18;/h6-8,10H,5,9,11H2,1-2H3,(H,23,24);1H2. The predicted molar refractivity (Wildman–Crippen MR) is 116 cm³/mol. The summed E-state index contributed by atoms with van der Waals surface area (Å²) >= 11 is 0. The molecule has 3 rings (SSSR count). The van der Waals surface area contributed by atoms with E-state index >= 15 is 0 Å². The van der Waals surface area contributed by atoms with Crippen molar-refractivity contribution in [3.63, 3.8) is 0 Å². The van der Waals surface area contributed by atoms with Gasteiger partial charge in [-0.2, -0.15) is 13.5 Å². The third-order valence-corrected chi connectivity index (χ3v) is 3.98. The highest BCUT2D eigenvalue weighted by atomic mass is 32.1. The summed E-state index contributed by atoms with van der Waals surface area (Å²) in [6.45, 7) is 20.2. The van der Waals surface area contributed by atoms with Gasteiger partial charge in [0.15, 0.2) is 0 Å². The van der Waals surface area contributed by atoms with E-state index in [0.717, 1.165) is 23.6 Å². The number of hydrogen-bond donors (Lipinski definition) is 1. The van der Waals surface area contributed by atoms with E-state index in [0.29, 0.717) is 18.8 Å². The molecule has 10 heteroatoms. The number of nitrogens with one attached hydrogen (secondary N) is 1. The number of azo groups is 1. The van der Waals surface area contributed by atoms with Crippen LogP contribution in [0.4, 0.5) is 29.0 Å². The Kier molecular flexibility index (Phi) is 7.02. The Hall–Kier alpha value is -3.50. The fraction of sp³-hybridized carbons (Fsp3) is 0.278. The average molecular weight is 393 g/mol. The molecule has 1 aliphatic rings. The molecule has 0 bridgehead atoms. The first-order valence-corrected chi connectivity index (χ1v) is 8.32. The van der Waals surface area contributed by atoms with Crippen molar-refractivity contribution in [1.82, 2.24) is 9.97 Å². The van der Waals surface area contributed by atoms with Crippen molar-refractivity contribution >= 4 is 54.5 Å². The molecule has 2 heterocycles. The van der Waals surface area contributed by atoms with Gasteiger partial charge >= 0.3 is 5.95 Å². The molecular weight excluding hydrogens is 374 g/mol. The fourth-order valence-electron chi connectivity index (χ4n) is 2.58. The highest BCUT2D eigenvalue weighted by Crippen LogP contribution is 2.30. The molecule has 1 N–H and O–H groups in total. The zero-order chi connectivity index (χ0) is 19.2. The number of aryl methyl sites for hydroxylation is 1. The van der Waals surface area contributed by atoms with Crippen LogP contribution in [0, 0.1) is 20.1 Å². The molecule has 0 saturated heterocycles. The Labute approximate surface area is 170 Å². The van der Waals surface area contributed by atoms with Crippen LogP contribution in [-0.2, 0) is 0 Å². The highest BCUT2D eigenvalue weighted by molar-refractivity contribution is 7.59. The normalized spacial score (nSPS) is 12.4. The third kappa shape index (κ3) is 4.61. The van der Waals surface area contributed by atoms with Crippen molar-refractivity contribution in [2.45, 2.75) is 13.8 Å². The first kappa shape index (κ1) is 20.8. The summed E-state index contributed by atoms with van der Waals surface area (Å²) in [6.07, 6.45) is 1.81. The average Bonchev–Trinajstić information content (AvgIpc) is 3.34. The molecular formula is C18H19N9S. The molecule has 0 fully saturated rings. The van der Waals surface area contributed by atoms with Gasteiger partial charge in [0.1, 0.15) is 5.84 Å². The number of imidazole rings is 1. The van der Waals surface area contributed by atoms with Crippen LogP contribution in [0.1, 0.15) is 12.5 Å². The first-order valence-electron chi connectivity index (χ1n) is 8.32. The minimum atomic E-state index is 0. The molecule has 0 atom stereocenters. The van der Waals surface area contributed by atoms with E-state index in [1.165, 1.54) is 0 Å². The number of benzene rings is 1. The number of aliphatic imine (C=N–C) groups is 2. The Bertz CT molecular complexity index is 989. The van der Waals surface area contributed by atoms with Crippen LogP contribution in [0.3, 0.4) is 0 Å². The Morgan fingerprint density at radius 1 is 1.25 bits per heavy atom. The van der Waals surface area contributed by atoms with Gasteiger partial charge in [0.25, 0.3) is 11.6 Å². The molecule has 1 aromatic carbocycles. The van der Waals surface area contributed by atoms with E-state index in [1.807, 2.05) is 31.3 Å². The van der Waals surface area contributed by atoms with E-state index in [1.54, 1.807) is 0 Å². The summed E-state index contributed by atoms with van der Waals surface area (Å²) in [5.74, 6) is 1.05. The lowest BCUT2D eigenvalue weighted by Crippen LogP contribution is -2.28. The summed E-state index contributed by atoms with van der Waals surface area (Å²) in [7, 11) is 0. The molecule has 0 aliphatic carbocycles. The summed E-state index contributed by atoms with van der Waals surface area (Å²) in [5, 5.41) is 8.20. The van der Waals surface area contributed by atoms with E-state index in [4.69, 9.17) is 13.1 Å². The van der Waals surface area contributed by atoms with Crippen molar-refractivity contribution in [3.05, 3.63) is 46.6 Å². The van der Waals surface area contributed by atoms with Gasteiger partial charge in [-0.05, 0) is 37.6 Å². The number of aromatic nitrogens is 2. The van der Waals surface area contributed by atoms with Gasteiger partial charge in [-0.25, -0.2) is 4.99 Å². The molecule has 0 spiro atoms. The number of likely N-dealkylation sites (N-methyl/N-ethyl adjacent to an activating group) is 1. The second-order valence-electron chi connectivity index (χ2n) is 5.71. The molecule has 0 amide bonds. The molecule has 2 aromatic rings. The number of anilines is 1. The molecule has 0 radical (unpaired) electrons. The third-order valence-electron chi connectivity index (χ3n) is 3.98. The summed E-state index contributed by atoms with van der Waals surface area (Å²) in [6, 6.07) is 5.89. The van der Waals surface area contributed by atoms with Crippen LogP contribution in [-0.4, -0.2) is 41.7 Å². The van der Waals surface area contributed by atoms with Gasteiger partial charge < -0.3 is 14.6 Å². The molecule has 0 unspecified atom stereocenters. The van der Waals surface area contributed by atoms with Crippen LogP contribution >= 0.6 is 13.5 Å².